The van der Waals surface area contributed by atoms with Crippen LogP contribution < -0.4 is 5.73 Å². The fraction of sp³-hybridized carbons (Fsp3) is 0.100. The normalized spacial score (nSPS) is 10.3. The summed E-state index contributed by atoms with van der Waals surface area (Å²) >= 11 is 0. The molecular weight excluding hydrogens is 150 g/mol. The van der Waals surface area contributed by atoms with E-state index in [-0.39, 0.29) is 0 Å². The summed E-state index contributed by atoms with van der Waals surface area (Å²) in [6.07, 6.45) is 3.68. The molecule has 0 spiro atoms. The highest BCUT2D eigenvalue weighted by molar-refractivity contribution is 5.84. The summed E-state index contributed by atoms with van der Waals surface area (Å²) in [5.41, 5.74) is 7.77. The highest BCUT2D eigenvalue weighted by Crippen LogP contribution is 1.99. The van der Waals surface area contributed by atoms with E-state index in [1.54, 1.807) is 6.08 Å². The molecule has 1 rings (SSSR count). The molecule has 0 aliphatic carbocycles. The van der Waals surface area contributed by atoms with Crippen molar-refractivity contribution in [3.8, 4) is 0 Å². The van der Waals surface area contributed by atoms with Gasteiger partial charge in [0.2, 0.25) is 0 Å². The molecule has 0 aromatic heterocycles. The minimum absolute atomic E-state index is 0.647. The van der Waals surface area contributed by atoms with Gasteiger partial charge in [-0.2, -0.15) is 0 Å². The lowest BCUT2D eigenvalue weighted by Crippen LogP contribution is -1.90. The number of benzene rings is 1. The molecule has 1 aromatic rings. The molecule has 0 unspecified atom stereocenters. The van der Waals surface area contributed by atoms with Crippen molar-refractivity contribution >= 4 is 5.91 Å². The van der Waals surface area contributed by atoms with Gasteiger partial charge in [-0.1, -0.05) is 36.4 Å². The summed E-state index contributed by atoms with van der Waals surface area (Å²) in [4.78, 5) is 10.2. The SMILES string of the molecule is [NH]C(=O)C=CCc1ccccc1. The van der Waals surface area contributed by atoms with Crippen LogP contribution in [0.15, 0.2) is 42.5 Å². The maximum Gasteiger partial charge on any atom is 0.262 e. The number of hydrogen-bond acceptors (Lipinski definition) is 1. The molecule has 1 aromatic carbocycles. The summed E-state index contributed by atoms with van der Waals surface area (Å²) in [6.45, 7) is 0. The predicted octanol–water partition coefficient (Wildman–Crippen LogP) is 1.59. The predicted molar refractivity (Wildman–Crippen MR) is 47.4 cm³/mol. The van der Waals surface area contributed by atoms with Crippen LogP contribution >= 0.6 is 0 Å². The van der Waals surface area contributed by atoms with Crippen molar-refractivity contribution in [2.45, 2.75) is 6.42 Å². The van der Waals surface area contributed by atoms with E-state index in [2.05, 4.69) is 0 Å². The topological polar surface area (TPSA) is 40.9 Å². The zero-order valence-corrected chi connectivity index (χ0v) is 6.66. The summed E-state index contributed by atoms with van der Waals surface area (Å²) in [5.74, 6) is -0.647. The van der Waals surface area contributed by atoms with Crippen molar-refractivity contribution in [1.82, 2.24) is 5.73 Å². The Morgan fingerprint density at radius 3 is 2.58 bits per heavy atom. The number of rotatable bonds is 3. The van der Waals surface area contributed by atoms with Crippen LogP contribution in [0.2, 0.25) is 0 Å². The van der Waals surface area contributed by atoms with Crippen molar-refractivity contribution in [1.29, 1.82) is 0 Å². The van der Waals surface area contributed by atoms with E-state index in [4.69, 9.17) is 5.73 Å². The fourth-order valence-corrected chi connectivity index (χ4v) is 0.916. The molecule has 2 nitrogen and oxygen atoms in total. The Morgan fingerprint density at radius 1 is 1.33 bits per heavy atom. The van der Waals surface area contributed by atoms with Gasteiger partial charge in [0.15, 0.2) is 0 Å². The van der Waals surface area contributed by atoms with Crippen molar-refractivity contribution in [2.75, 3.05) is 0 Å². The van der Waals surface area contributed by atoms with Crippen LogP contribution in [0.25, 0.3) is 0 Å². The Bertz CT molecular complexity index is 277. The van der Waals surface area contributed by atoms with E-state index in [0.717, 1.165) is 5.56 Å². The quantitative estimate of drug-likeness (QED) is 0.619. The molecule has 0 bridgehead atoms. The van der Waals surface area contributed by atoms with E-state index in [1.807, 2.05) is 30.3 Å². The third-order valence-corrected chi connectivity index (χ3v) is 1.47. The number of hydrogen-bond donors (Lipinski definition) is 0. The van der Waals surface area contributed by atoms with Crippen LogP contribution in [0.1, 0.15) is 5.56 Å². The number of allylic oxidation sites excluding steroid dienone is 1. The molecule has 0 fully saturated rings. The first-order valence-corrected chi connectivity index (χ1v) is 3.75. The molecule has 0 aliphatic heterocycles. The standard InChI is InChI=1S/C10H10NO/c11-10(12)8-4-7-9-5-2-1-3-6-9/h1-6,8,11H,7H2. The van der Waals surface area contributed by atoms with Gasteiger partial charge in [0.1, 0.15) is 0 Å². The van der Waals surface area contributed by atoms with Crippen LogP contribution in [0.5, 0.6) is 0 Å². The average Bonchev–Trinajstić information content (AvgIpc) is 2.05. The second-order valence-corrected chi connectivity index (χ2v) is 2.46. The Hall–Kier alpha value is -1.57. The fourth-order valence-electron chi connectivity index (χ4n) is 0.916. The Kier molecular flexibility index (Phi) is 3.08. The second kappa shape index (κ2) is 4.34. The van der Waals surface area contributed by atoms with E-state index < -0.39 is 5.91 Å². The molecule has 0 saturated heterocycles. The minimum Gasteiger partial charge on any atom is -0.268 e. The highest BCUT2D eigenvalue weighted by Gasteiger charge is 1.87. The number of carbonyl (C=O) groups excluding carboxylic acids is 1. The lowest BCUT2D eigenvalue weighted by molar-refractivity contribution is -0.114. The van der Waals surface area contributed by atoms with E-state index in [0.29, 0.717) is 6.42 Å². The van der Waals surface area contributed by atoms with Crippen LogP contribution in [-0.2, 0) is 11.2 Å². The van der Waals surface area contributed by atoms with Gasteiger partial charge in [-0.3, -0.25) is 10.5 Å². The first kappa shape index (κ1) is 8.53. The van der Waals surface area contributed by atoms with Gasteiger partial charge >= 0.3 is 0 Å². The Balaban J connectivity index is 2.49. The maximum absolute atomic E-state index is 10.2. The molecule has 0 saturated carbocycles. The van der Waals surface area contributed by atoms with Crippen LogP contribution in [0, 0.1) is 0 Å². The molecule has 0 heterocycles. The zero-order valence-electron chi connectivity index (χ0n) is 6.66. The maximum atomic E-state index is 10.2. The van der Waals surface area contributed by atoms with Crippen molar-refractivity contribution in [3.05, 3.63) is 48.0 Å². The molecule has 12 heavy (non-hydrogen) atoms. The van der Waals surface area contributed by atoms with Crippen molar-refractivity contribution in [2.24, 2.45) is 0 Å². The molecule has 0 aliphatic rings. The van der Waals surface area contributed by atoms with Gasteiger partial charge in [0.05, 0.1) is 0 Å². The summed E-state index contributed by atoms with van der Waals surface area (Å²) < 4.78 is 0. The van der Waals surface area contributed by atoms with Gasteiger partial charge in [-0.05, 0) is 12.0 Å². The van der Waals surface area contributed by atoms with Crippen LogP contribution in [0.3, 0.4) is 0 Å². The smallest absolute Gasteiger partial charge is 0.262 e. The molecule has 2 heteroatoms. The van der Waals surface area contributed by atoms with Gasteiger partial charge in [-0.25, -0.2) is 0 Å². The van der Waals surface area contributed by atoms with Gasteiger partial charge < -0.3 is 0 Å². The lowest BCUT2D eigenvalue weighted by Gasteiger charge is -1.92. The monoisotopic (exact) mass is 160 g/mol. The largest absolute Gasteiger partial charge is 0.268 e. The summed E-state index contributed by atoms with van der Waals surface area (Å²) in [6, 6.07) is 9.82. The second-order valence-electron chi connectivity index (χ2n) is 2.46. The first-order chi connectivity index (χ1) is 5.79. The highest BCUT2D eigenvalue weighted by atomic mass is 16.1. The molecule has 1 N–H and O–H groups in total. The third-order valence-electron chi connectivity index (χ3n) is 1.47. The average molecular weight is 160 g/mol. The van der Waals surface area contributed by atoms with E-state index in [9.17, 15) is 4.79 Å². The van der Waals surface area contributed by atoms with Gasteiger partial charge in [0, 0.05) is 6.08 Å². The van der Waals surface area contributed by atoms with Gasteiger partial charge in [-0.15, -0.1) is 0 Å². The first-order valence-electron chi connectivity index (χ1n) is 3.75. The number of amides is 1. The zero-order chi connectivity index (χ0) is 8.81. The molecule has 1 radical (unpaired) electrons. The van der Waals surface area contributed by atoms with E-state index >= 15 is 0 Å². The summed E-state index contributed by atoms with van der Waals surface area (Å²) in [7, 11) is 0. The molecule has 1 amide bonds. The molecule has 61 valence electrons. The molecule has 0 atom stereocenters. The Labute approximate surface area is 71.7 Å². The number of nitrogens with one attached hydrogen (secondary N) is 1. The minimum atomic E-state index is -0.647. The third kappa shape index (κ3) is 3.01. The van der Waals surface area contributed by atoms with Crippen LogP contribution in [-0.4, -0.2) is 5.91 Å². The van der Waals surface area contributed by atoms with Crippen molar-refractivity contribution < 1.29 is 4.79 Å². The van der Waals surface area contributed by atoms with E-state index in [1.165, 1.54) is 6.08 Å². The molecular formula is C10H10NO. The Morgan fingerprint density at radius 2 is 2.00 bits per heavy atom. The van der Waals surface area contributed by atoms with Crippen LogP contribution in [0.4, 0.5) is 0 Å². The lowest BCUT2D eigenvalue weighted by atomic mass is 10.1. The summed E-state index contributed by atoms with van der Waals surface area (Å²) in [5, 5.41) is 0. The van der Waals surface area contributed by atoms with Gasteiger partial charge in [0.25, 0.3) is 5.91 Å². The number of carbonyl (C=O) groups is 1. The van der Waals surface area contributed by atoms with Crippen molar-refractivity contribution in [3.63, 3.8) is 0 Å².